The number of aromatic nitrogens is 1. The van der Waals surface area contributed by atoms with E-state index in [1.807, 2.05) is 9.47 Å². The van der Waals surface area contributed by atoms with Crippen LogP contribution in [-0.2, 0) is 4.74 Å². The summed E-state index contributed by atoms with van der Waals surface area (Å²) in [5.74, 6) is -1.88. The Morgan fingerprint density at radius 1 is 1.42 bits per heavy atom. The Morgan fingerprint density at radius 3 is 2.71 bits per heavy atom. The van der Waals surface area contributed by atoms with E-state index in [0.717, 1.165) is 25.7 Å². The van der Waals surface area contributed by atoms with Gasteiger partial charge in [0.05, 0.1) is 23.2 Å². The van der Waals surface area contributed by atoms with Gasteiger partial charge in [-0.3, -0.25) is 4.79 Å². The van der Waals surface area contributed by atoms with Crippen molar-refractivity contribution >= 4 is 28.6 Å². The Balaban J connectivity index is 1.74. The fourth-order valence-corrected chi connectivity index (χ4v) is 5.93. The summed E-state index contributed by atoms with van der Waals surface area (Å²) >= 11 is 0. The van der Waals surface area contributed by atoms with Crippen LogP contribution in [0.4, 0.5) is 10.1 Å². The number of fused-ring (bicyclic) bond motifs is 3. The van der Waals surface area contributed by atoms with Crippen molar-refractivity contribution in [2.24, 2.45) is 11.1 Å². The van der Waals surface area contributed by atoms with Crippen molar-refractivity contribution in [1.29, 1.82) is 0 Å². The first-order valence-corrected chi connectivity index (χ1v) is 10.5. The average Bonchev–Trinajstić information content (AvgIpc) is 3.51. The smallest absolute Gasteiger partial charge is 0.341 e. The number of aromatic carboxylic acids is 1. The van der Waals surface area contributed by atoms with Gasteiger partial charge in [-0.1, -0.05) is 12.7 Å². The van der Waals surface area contributed by atoms with Crippen LogP contribution in [0, 0.1) is 11.2 Å². The van der Waals surface area contributed by atoms with E-state index in [1.54, 1.807) is 13.2 Å². The Hall–Kier alpha value is -2.71. The lowest BCUT2D eigenvalue weighted by molar-refractivity contribution is -0.0529. The Bertz CT molecular complexity index is 1180. The largest absolute Gasteiger partial charge is 0.477 e. The molecule has 3 N–H and O–H groups in total. The van der Waals surface area contributed by atoms with E-state index >= 15 is 4.39 Å². The number of anilines is 1. The molecule has 0 radical (unpaired) electrons. The predicted molar refractivity (Wildman–Crippen MR) is 116 cm³/mol. The molecule has 3 heterocycles. The molecule has 2 aliphatic carbocycles. The molecule has 6 rings (SSSR count). The molecule has 164 valence electrons. The Morgan fingerprint density at radius 2 is 2.13 bits per heavy atom. The highest BCUT2D eigenvalue weighted by atomic mass is 19.1. The second kappa shape index (κ2) is 6.64. The Labute approximate surface area is 178 Å². The van der Waals surface area contributed by atoms with Crippen LogP contribution in [0.3, 0.4) is 0 Å². The molecule has 2 bridgehead atoms. The third kappa shape index (κ3) is 3.00. The summed E-state index contributed by atoms with van der Waals surface area (Å²) in [7, 11) is 1.66. The molecule has 2 saturated carbocycles. The number of carboxylic acids is 1. The molecule has 1 aromatic carbocycles. The van der Waals surface area contributed by atoms with Gasteiger partial charge in [0.15, 0.2) is 0 Å². The van der Waals surface area contributed by atoms with E-state index in [-0.39, 0.29) is 22.4 Å². The van der Waals surface area contributed by atoms with Crippen molar-refractivity contribution in [2.45, 2.75) is 37.3 Å². The van der Waals surface area contributed by atoms with Crippen LogP contribution in [0.25, 0.3) is 17.0 Å². The van der Waals surface area contributed by atoms with Gasteiger partial charge in [0, 0.05) is 49.0 Å². The van der Waals surface area contributed by atoms with Gasteiger partial charge in [-0.05, 0) is 31.7 Å². The minimum atomic E-state index is -1.31. The number of benzene rings is 1. The summed E-state index contributed by atoms with van der Waals surface area (Å²) in [5.41, 5.74) is 6.41. The average molecular weight is 427 g/mol. The fourth-order valence-electron chi connectivity index (χ4n) is 5.93. The van der Waals surface area contributed by atoms with Crippen LogP contribution in [0.2, 0.25) is 0 Å². The maximum absolute atomic E-state index is 15.5. The van der Waals surface area contributed by atoms with Crippen molar-refractivity contribution in [3.8, 4) is 0 Å². The molecular formula is C23H26FN3O4. The first-order chi connectivity index (χ1) is 14.7. The van der Waals surface area contributed by atoms with Gasteiger partial charge in [0.2, 0.25) is 5.43 Å². The number of hydrogen-bond acceptors (Lipinski definition) is 5. The zero-order valence-corrected chi connectivity index (χ0v) is 17.5. The molecule has 2 aliphatic heterocycles. The highest BCUT2D eigenvalue weighted by Crippen LogP contribution is 2.53. The second-order valence-electron chi connectivity index (χ2n) is 9.54. The number of carbonyl (C=O) groups is 1. The van der Waals surface area contributed by atoms with Crippen LogP contribution in [-0.4, -0.2) is 48.0 Å². The minimum absolute atomic E-state index is 0.0687. The molecule has 0 unspecified atom stereocenters. The van der Waals surface area contributed by atoms with Gasteiger partial charge in [0.25, 0.3) is 0 Å². The second-order valence-corrected chi connectivity index (χ2v) is 9.54. The fraction of sp³-hybridized carbons (Fsp3) is 0.478. The molecule has 1 aromatic heterocycles. The normalized spacial score (nSPS) is 27.3. The molecule has 7 nitrogen and oxygen atoms in total. The van der Waals surface area contributed by atoms with Gasteiger partial charge in [-0.15, -0.1) is 0 Å². The maximum Gasteiger partial charge on any atom is 0.341 e. The zero-order chi connectivity index (χ0) is 22.1. The number of nitrogens with zero attached hydrogens (tertiary/aromatic N) is 2. The number of piperidine rings is 2. The highest BCUT2D eigenvalue weighted by Gasteiger charge is 2.58. The SMILES string of the molecule is C=Cc1c(N2CC3(N)CC(COC)(C2)C3)c(F)cc2c(=O)c(C(=O)O)cn(C3CC3)c12. The quantitative estimate of drug-likeness (QED) is 0.736. The van der Waals surface area contributed by atoms with Gasteiger partial charge < -0.3 is 25.0 Å². The van der Waals surface area contributed by atoms with E-state index in [0.29, 0.717) is 36.5 Å². The maximum atomic E-state index is 15.5. The molecule has 4 fully saturated rings. The molecule has 2 saturated heterocycles. The van der Waals surface area contributed by atoms with Crippen LogP contribution >= 0.6 is 0 Å². The molecule has 0 amide bonds. The number of nitrogens with two attached hydrogens (primary N) is 1. The zero-order valence-electron chi connectivity index (χ0n) is 17.5. The van der Waals surface area contributed by atoms with Crippen LogP contribution in [0.1, 0.15) is 47.6 Å². The first-order valence-electron chi connectivity index (χ1n) is 10.5. The standard InChI is InChI=1S/C23H26FN3O4/c1-3-14-18-15(20(28)16(21(29)30)7-27(18)13-4-5-13)6-17(24)19(14)26-10-22(12-31-2)8-23(25,9-22)11-26/h3,6-7,13H,1,4-5,8-12,25H2,2H3,(H,29,30). The summed E-state index contributed by atoms with van der Waals surface area (Å²) < 4.78 is 22.8. The first kappa shape index (κ1) is 20.2. The van der Waals surface area contributed by atoms with Crippen molar-refractivity contribution in [3.05, 3.63) is 46.0 Å². The summed E-state index contributed by atoms with van der Waals surface area (Å²) in [6.07, 6.45) is 6.38. The number of hydrogen-bond donors (Lipinski definition) is 2. The van der Waals surface area contributed by atoms with Crippen LogP contribution in [0.5, 0.6) is 0 Å². The van der Waals surface area contributed by atoms with Crippen molar-refractivity contribution in [2.75, 3.05) is 31.7 Å². The van der Waals surface area contributed by atoms with Crippen molar-refractivity contribution < 1.29 is 19.0 Å². The van der Waals surface area contributed by atoms with Gasteiger partial charge in [-0.25, -0.2) is 9.18 Å². The van der Waals surface area contributed by atoms with Crippen molar-refractivity contribution in [3.63, 3.8) is 0 Å². The van der Waals surface area contributed by atoms with E-state index in [2.05, 4.69) is 6.58 Å². The topological polar surface area (TPSA) is 97.8 Å². The minimum Gasteiger partial charge on any atom is -0.477 e. The Kier molecular flexibility index (Phi) is 4.33. The number of rotatable bonds is 6. The van der Waals surface area contributed by atoms with Gasteiger partial charge in [0.1, 0.15) is 11.4 Å². The number of carboxylic acid groups (broad SMARTS) is 1. The highest BCUT2D eigenvalue weighted by molar-refractivity contribution is 5.98. The molecular weight excluding hydrogens is 401 g/mol. The van der Waals surface area contributed by atoms with Gasteiger partial charge in [-0.2, -0.15) is 0 Å². The van der Waals surface area contributed by atoms with Crippen LogP contribution in [0.15, 0.2) is 23.6 Å². The van der Waals surface area contributed by atoms with E-state index in [4.69, 9.17) is 10.5 Å². The monoisotopic (exact) mass is 427 g/mol. The third-order valence-corrected chi connectivity index (χ3v) is 6.91. The summed E-state index contributed by atoms with van der Waals surface area (Å²) in [6, 6.07) is 1.27. The van der Waals surface area contributed by atoms with E-state index in [9.17, 15) is 14.7 Å². The molecule has 4 aliphatic rings. The molecule has 31 heavy (non-hydrogen) atoms. The van der Waals surface area contributed by atoms with Gasteiger partial charge >= 0.3 is 5.97 Å². The molecule has 0 spiro atoms. The molecule has 0 atom stereocenters. The van der Waals surface area contributed by atoms with E-state index in [1.165, 1.54) is 12.3 Å². The summed E-state index contributed by atoms with van der Waals surface area (Å²) in [4.78, 5) is 26.4. The lowest BCUT2D eigenvalue weighted by Gasteiger charge is -2.62. The van der Waals surface area contributed by atoms with E-state index < -0.39 is 22.8 Å². The number of pyridine rings is 1. The predicted octanol–water partition coefficient (Wildman–Crippen LogP) is 2.76. The molecule has 2 aromatic rings. The number of ether oxygens (including phenoxy) is 1. The summed E-state index contributed by atoms with van der Waals surface area (Å²) in [5, 5.41) is 9.55. The summed E-state index contributed by atoms with van der Waals surface area (Å²) in [6.45, 7) is 5.56. The van der Waals surface area contributed by atoms with Crippen molar-refractivity contribution in [1.82, 2.24) is 4.57 Å². The third-order valence-electron chi connectivity index (χ3n) is 6.91. The lowest BCUT2D eigenvalue weighted by Crippen LogP contribution is -2.72. The molecule has 8 heteroatoms. The number of halogens is 1. The number of methoxy groups -OCH3 is 1. The lowest BCUT2D eigenvalue weighted by atomic mass is 9.54. The van der Waals surface area contributed by atoms with Crippen LogP contribution < -0.4 is 16.1 Å².